The quantitative estimate of drug-likeness (QED) is 0.239. The molecule has 1 aliphatic rings. The molecule has 0 saturated carbocycles. The molecule has 0 bridgehead atoms. The van der Waals surface area contributed by atoms with E-state index in [0.29, 0.717) is 0 Å². The molecule has 1 fully saturated rings. The van der Waals surface area contributed by atoms with Gasteiger partial charge in [-0.15, -0.1) is 0 Å². The van der Waals surface area contributed by atoms with Gasteiger partial charge in [0.15, 0.2) is 18.5 Å². The Hall–Kier alpha value is -2.36. The Morgan fingerprint density at radius 1 is 1.13 bits per heavy atom. The average molecular weight is 331 g/mol. The normalized spacial score (nSPS) is 29.8. The summed E-state index contributed by atoms with van der Waals surface area (Å²) in [7, 11) is 0. The van der Waals surface area contributed by atoms with Crippen molar-refractivity contribution < 1.29 is 38.4 Å². The van der Waals surface area contributed by atoms with Gasteiger partial charge in [-0.1, -0.05) is 5.11 Å². The second-order valence-electron chi connectivity index (χ2n) is 4.71. The van der Waals surface area contributed by atoms with Gasteiger partial charge in [-0.2, -0.15) is 0 Å². The fraction of sp³-hybridized carbons (Fsp3) is 0.750. The monoisotopic (exact) mass is 331 g/mol. The molecule has 1 rings (SSSR count). The molecule has 0 spiro atoms. The standard InChI is InChI=1S/C12H17N3O8/c1-5(16)20-4-8-10(21-6(2)17)11(22-7(3)18)9(14-15-13)12(19)23-8/h8-12,19H,4H2,1-3H3/t8?,9?,10-,11+,12?/m0/s1. The summed E-state index contributed by atoms with van der Waals surface area (Å²) < 4.78 is 20.0. The van der Waals surface area contributed by atoms with Crippen LogP contribution in [0.25, 0.3) is 10.4 Å². The van der Waals surface area contributed by atoms with Crippen molar-refractivity contribution in [3.8, 4) is 0 Å². The number of aliphatic hydroxyl groups is 1. The van der Waals surface area contributed by atoms with E-state index in [0.717, 1.165) is 20.8 Å². The van der Waals surface area contributed by atoms with Crippen molar-refractivity contribution in [2.45, 2.75) is 51.4 Å². The number of azide groups is 1. The highest BCUT2D eigenvalue weighted by molar-refractivity contribution is 5.67. The Balaban J connectivity index is 3.11. The second kappa shape index (κ2) is 8.32. The number of carbonyl (C=O) groups is 3. The molecular weight excluding hydrogens is 314 g/mol. The third-order valence-electron chi connectivity index (χ3n) is 2.87. The molecule has 11 nitrogen and oxygen atoms in total. The van der Waals surface area contributed by atoms with Crippen LogP contribution in [0.4, 0.5) is 0 Å². The highest BCUT2D eigenvalue weighted by atomic mass is 16.7. The van der Waals surface area contributed by atoms with Crippen molar-refractivity contribution in [3.63, 3.8) is 0 Å². The summed E-state index contributed by atoms with van der Waals surface area (Å²) in [4.78, 5) is 36.0. The lowest BCUT2D eigenvalue weighted by molar-refractivity contribution is -0.260. The van der Waals surface area contributed by atoms with Crippen LogP contribution in [0.5, 0.6) is 0 Å². The molecule has 1 aliphatic heterocycles. The van der Waals surface area contributed by atoms with Gasteiger partial charge in [-0.25, -0.2) is 0 Å². The lowest BCUT2D eigenvalue weighted by Gasteiger charge is -2.41. The van der Waals surface area contributed by atoms with E-state index < -0.39 is 48.6 Å². The van der Waals surface area contributed by atoms with Gasteiger partial charge in [0.1, 0.15) is 18.8 Å². The van der Waals surface area contributed by atoms with E-state index in [-0.39, 0.29) is 6.61 Å². The molecule has 5 atom stereocenters. The molecule has 0 amide bonds. The van der Waals surface area contributed by atoms with Crippen LogP contribution in [0.15, 0.2) is 5.11 Å². The molecule has 1 saturated heterocycles. The summed E-state index contributed by atoms with van der Waals surface area (Å²) in [5.74, 6) is -2.09. The van der Waals surface area contributed by atoms with Crippen molar-refractivity contribution in [1.29, 1.82) is 0 Å². The topological polar surface area (TPSA) is 157 Å². The molecule has 128 valence electrons. The summed E-state index contributed by atoms with van der Waals surface area (Å²) >= 11 is 0. The van der Waals surface area contributed by atoms with Crippen LogP contribution < -0.4 is 0 Å². The van der Waals surface area contributed by atoms with E-state index in [1.54, 1.807) is 0 Å². The van der Waals surface area contributed by atoms with Crippen molar-refractivity contribution in [2.24, 2.45) is 5.11 Å². The number of nitrogens with zero attached hydrogens (tertiary/aromatic N) is 3. The van der Waals surface area contributed by atoms with Gasteiger partial charge < -0.3 is 24.1 Å². The van der Waals surface area contributed by atoms with Gasteiger partial charge >= 0.3 is 17.9 Å². The molecule has 0 aromatic heterocycles. The van der Waals surface area contributed by atoms with Crippen LogP contribution in [0.3, 0.4) is 0 Å². The summed E-state index contributed by atoms with van der Waals surface area (Å²) in [6.07, 6.45) is -5.26. The van der Waals surface area contributed by atoms with Crippen molar-refractivity contribution in [1.82, 2.24) is 0 Å². The van der Waals surface area contributed by atoms with Gasteiger partial charge in [0.2, 0.25) is 0 Å². The van der Waals surface area contributed by atoms with E-state index in [1.807, 2.05) is 0 Å². The zero-order chi connectivity index (χ0) is 17.6. The van der Waals surface area contributed by atoms with Crippen LogP contribution in [0.2, 0.25) is 0 Å². The SMILES string of the molecule is CC(=O)OCC1OC(O)C(N=[N+]=[N-])[C@@H](OC(C)=O)[C@H]1OC(C)=O. The molecule has 23 heavy (non-hydrogen) atoms. The fourth-order valence-corrected chi connectivity index (χ4v) is 2.08. The van der Waals surface area contributed by atoms with Crippen molar-refractivity contribution >= 4 is 17.9 Å². The van der Waals surface area contributed by atoms with Crippen LogP contribution in [-0.2, 0) is 33.3 Å². The molecular formula is C12H17N3O8. The maximum absolute atomic E-state index is 11.3. The highest BCUT2D eigenvalue weighted by Crippen LogP contribution is 2.28. The Bertz CT molecular complexity index is 518. The third-order valence-corrected chi connectivity index (χ3v) is 2.87. The van der Waals surface area contributed by atoms with E-state index in [9.17, 15) is 19.5 Å². The first kappa shape index (κ1) is 18.7. The minimum Gasteiger partial charge on any atom is -0.463 e. The number of hydrogen-bond donors (Lipinski definition) is 1. The maximum Gasteiger partial charge on any atom is 0.303 e. The largest absolute Gasteiger partial charge is 0.463 e. The predicted molar refractivity (Wildman–Crippen MR) is 71.6 cm³/mol. The van der Waals surface area contributed by atoms with Crippen LogP contribution in [0, 0.1) is 0 Å². The van der Waals surface area contributed by atoms with E-state index >= 15 is 0 Å². The van der Waals surface area contributed by atoms with Gasteiger partial charge in [0.05, 0.1) is 0 Å². The zero-order valence-electron chi connectivity index (χ0n) is 12.7. The molecule has 1 heterocycles. The zero-order valence-corrected chi connectivity index (χ0v) is 12.7. The Labute approximate surface area is 131 Å². The van der Waals surface area contributed by atoms with Gasteiger partial charge in [-0.3, -0.25) is 14.4 Å². The lowest BCUT2D eigenvalue weighted by atomic mass is 9.97. The van der Waals surface area contributed by atoms with Crippen LogP contribution in [-0.4, -0.2) is 60.3 Å². The smallest absolute Gasteiger partial charge is 0.303 e. The minimum atomic E-state index is -1.64. The van der Waals surface area contributed by atoms with Gasteiger partial charge in [0.25, 0.3) is 0 Å². The van der Waals surface area contributed by atoms with Gasteiger partial charge in [0, 0.05) is 25.7 Å². The van der Waals surface area contributed by atoms with Gasteiger partial charge in [-0.05, 0) is 5.53 Å². The maximum atomic E-state index is 11.3. The number of rotatable bonds is 5. The van der Waals surface area contributed by atoms with Crippen LogP contribution in [0.1, 0.15) is 20.8 Å². The fourth-order valence-electron chi connectivity index (χ4n) is 2.08. The summed E-state index contributed by atoms with van der Waals surface area (Å²) in [6.45, 7) is 3.01. The summed E-state index contributed by atoms with van der Waals surface area (Å²) in [5, 5.41) is 13.2. The molecule has 3 unspecified atom stereocenters. The first-order valence-corrected chi connectivity index (χ1v) is 6.61. The number of carbonyl (C=O) groups excluding carboxylic acids is 3. The van der Waals surface area contributed by atoms with E-state index in [2.05, 4.69) is 10.0 Å². The summed E-state index contributed by atoms with van der Waals surface area (Å²) in [5.41, 5.74) is 8.57. The number of esters is 3. The Kier molecular flexibility index (Phi) is 6.76. The highest BCUT2D eigenvalue weighted by Gasteiger charge is 2.49. The minimum absolute atomic E-state index is 0.356. The molecule has 0 aromatic carbocycles. The van der Waals surface area contributed by atoms with Crippen molar-refractivity contribution in [2.75, 3.05) is 6.61 Å². The lowest BCUT2D eigenvalue weighted by Crippen LogP contribution is -2.60. The van der Waals surface area contributed by atoms with Crippen molar-refractivity contribution in [3.05, 3.63) is 10.4 Å². The molecule has 11 heteroatoms. The first-order valence-electron chi connectivity index (χ1n) is 6.61. The Morgan fingerprint density at radius 2 is 1.70 bits per heavy atom. The summed E-state index contributed by atoms with van der Waals surface area (Å²) in [6, 6.07) is -1.33. The van der Waals surface area contributed by atoms with E-state index in [1.165, 1.54) is 0 Å². The second-order valence-corrected chi connectivity index (χ2v) is 4.71. The Morgan fingerprint density at radius 3 is 2.17 bits per heavy atom. The molecule has 0 radical (unpaired) electrons. The first-order chi connectivity index (χ1) is 10.8. The third kappa shape index (κ3) is 5.40. The molecule has 0 aliphatic carbocycles. The van der Waals surface area contributed by atoms with E-state index in [4.69, 9.17) is 24.5 Å². The van der Waals surface area contributed by atoms with Crippen LogP contribution >= 0.6 is 0 Å². The number of ether oxygens (including phenoxy) is 4. The molecule has 0 aromatic rings. The predicted octanol–water partition coefficient (Wildman–Crippen LogP) is -0.191. The average Bonchev–Trinajstić information content (AvgIpc) is 2.42. The molecule has 1 N–H and O–H groups in total. The number of hydrogen-bond acceptors (Lipinski definition) is 9. The number of aliphatic hydroxyl groups excluding tert-OH is 1.